The van der Waals surface area contributed by atoms with Crippen molar-refractivity contribution in [2.24, 2.45) is 0 Å². The van der Waals surface area contributed by atoms with Gasteiger partial charge in [0.2, 0.25) is 0 Å². The van der Waals surface area contributed by atoms with Crippen LogP contribution in [-0.4, -0.2) is 16.8 Å². The monoisotopic (exact) mass is 265 g/mol. The van der Waals surface area contributed by atoms with Crippen molar-refractivity contribution < 1.29 is 19.0 Å². The molecule has 0 spiro atoms. The van der Waals surface area contributed by atoms with Gasteiger partial charge in [-0.1, -0.05) is 0 Å². The van der Waals surface area contributed by atoms with Crippen molar-refractivity contribution >= 4 is 5.69 Å². The molecule has 0 saturated carbocycles. The van der Waals surface area contributed by atoms with Gasteiger partial charge in [0.1, 0.15) is 17.4 Å². The molecule has 1 atom stereocenters. The molecule has 0 aliphatic rings. The quantitative estimate of drug-likeness (QED) is 0.796. The van der Waals surface area contributed by atoms with Crippen LogP contribution in [0, 0.1) is 11.6 Å². The second-order valence-electron chi connectivity index (χ2n) is 4.13. The number of aliphatic hydroxyl groups is 1. The number of phenolic OH excluding ortho intramolecular Hbond substituents is 1. The van der Waals surface area contributed by atoms with E-state index in [0.717, 1.165) is 6.07 Å². The Balaban J connectivity index is 2.22. The van der Waals surface area contributed by atoms with E-state index in [9.17, 15) is 19.0 Å². The van der Waals surface area contributed by atoms with Gasteiger partial charge in [-0.05, 0) is 42.0 Å². The number of aromatic hydroxyl groups is 1. The highest BCUT2D eigenvalue weighted by Crippen LogP contribution is 2.24. The Labute approximate surface area is 109 Å². The summed E-state index contributed by atoms with van der Waals surface area (Å²) in [4.78, 5) is 0. The fraction of sp³-hybridized carbons (Fsp3) is 0.143. The van der Waals surface area contributed by atoms with E-state index in [4.69, 9.17) is 0 Å². The summed E-state index contributed by atoms with van der Waals surface area (Å²) in [7, 11) is 0. The van der Waals surface area contributed by atoms with Gasteiger partial charge in [-0.3, -0.25) is 0 Å². The highest BCUT2D eigenvalue weighted by molar-refractivity contribution is 5.46. The average molecular weight is 265 g/mol. The molecule has 0 amide bonds. The zero-order valence-corrected chi connectivity index (χ0v) is 9.98. The lowest BCUT2D eigenvalue weighted by Gasteiger charge is -2.18. The zero-order valence-electron chi connectivity index (χ0n) is 9.98. The number of phenols is 1. The van der Waals surface area contributed by atoms with Crippen LogP contribution in [0.2, 0.25) is 0 Å². The first kappa shape index (κ1) is 13.3. The number of benzene rings is 2. The second-order valence-corrected chi connectivity index (χ2v) is 4.13. The molecule has 19 heavy (non-hydrogen) atoms. The van der Waals surface area contributed by atoms with Crippen LogP contribution in [0.3, 0.4) is 0 Å². The van der Waals surface area contributed by atoms with Crippen molar-refractivity contribution in [3.05, 3.63) is 59.7 Å². The molecule has 2 rings (SSSR count). The molecule has 2 aromatic rings. The minimum atomic E-state index is -0.591. The van der Waals surface area contributed by atoms with Crippen molar-refractivity contribution in [1.29, 1.82) is 0 Å². The zero-order chi connectivity index (χ0) is 13.8. The first-order valence-electron chi connectivity index (χ1n) is 5.71. The summed E-state index contributed by atoms with van der Waals surface area (Å²) < 4.78 is 26.0. The molecule has 5 heteroatoms. The van der Waals surface area contributed by atoms with E-state index in [-0.39, 0.29) is 18.2 Å². The van der Waals surface area contributed by atoms with E-state index in [1.165, 1.54) is 36.4 Å². The molecule has 0 radical (unpaired) electrons. The summed E-state index contributed by atoms with van der Waals surface area (Å²) in [5, 5.41) is 21.6. The maximum Gasteiger partial charge on any atom is 0.127 e. The number of anilines is 1. The van der Waals surface area contributed by atoms with E-state index in [1.807, 2.05) is 0 Å². The molecule has 0 aliphatic carbocycles. The molecular formula is C14H13F2NO2. The lowest BCUT2D eigenvalue weighted by atomic mass is 10.1. The minimum absolute atomic E-state index is 0.214. The van der Waals surface area contributed by atoms with Crippen LogP contribution in [-0.2, 0) is 0 Å². The van der Waals surface area contributed by atoms with Crippen LogP contribution < -0.4 is 5.32 Å². The van der Waals surface area contributed by atoms with Gasteiger partial charge < -0.3 is 15.5 Å². The summed E-state index contributed by atoms with van der Waals surface area (Å²) in [6.45, 7) is -0.291. The Kier molecular flexibility index (Phi) is 3.97. The molecule has 1 unspecified atom stereocenters. The number of hydrogen-bond acceptors (Lipinski definition) is 3. The number of nitrogens with one attached hydrogen (secondary N) is 1. The minimum Gasteiger partial charge on any atom is -0.508 e. The van der Waals surface area contributed by atoms with Crippen LogP contribution in [0.1, 0.15) is 11.6 Å². The van der Waals surface area contributed by atoms with Crippen LogP contribution in [0.25, 0.3) is 0 Å². The molecule has 3 N–H and O–H groups in total. The summed E-state index contributed by atoms with van der Waals surface area (Å²) in [5.74, 6) is -1.17. The molecule has 0 saturated heterocycles. The van der Waals surface area contributed by atoms with Gasteiger partial charge in [-0.25, -0.2) is 8.78 Å². The molecular weight excluding hydrogens is 252 g/mol. The molecule has 0 aromatic heterocycles. The van der Waals surface area contributed by atoms with Gasteiger partial charge in [0.15, 0.2) is 0 Å². The first-order valence-corrected chi connectivity index (χ1v) is 5.71. The maximum absolute atomic E-state index is 13.2. The van der Waals surface area contributed by atoms with Crippen LogP contribution in [0.4, 0.5) is 14.5 Å². The van der Waals surface area contributed by atoms with Gasteiger partial charge >= 0.3 is 0 Å². The van der Waals surface area contributed by atoms with Crippen LogP contribution in [0.15, 0.2) is 42.5 Å². The third-order valence-corrected chi connectivity index (χ3v) is 2.67. The topological polar surface area (TPSA) is 52.5 Å². The second kappa shape index (κ2) is 5.67. The van der Waals surface area contributed by atoms with Crippen molar-refractivity contribution in [3.63, 3.8) is 0 Å². The molecule has 100 valence electrons. The summed E-state index contributed by atoms with van der Waals surface area (Å²) in [6, 6.07) is 8.55. The number of halogens is 2. The van der Waals surface area contributed by atoms with Crippen molar-refractivity contribution in [3.8, 4) is 5.75 Å². The standard InChI is InChI=1S/C14H13F2NO2/c15-10-1-3-12(4-2-10)17-14(8-18)9-5-11(16)7-13(19)6-9/h1-7,14,17-19H,8H2. The lowest BCUT2D eigenvalue weighted by molar-refractivity contribution is 0.276. The fourth-order valence-electron chi connectivity index (χ4n) is 1.78. The Bertz CT molecular complexity index is 538. The van der Waals surface area contributed by atoms with Gasteiger partial charge in [-0.15, -0.1) is 0 Å². The largest absolute Gasteiger partial charge is 0.508 e. The van der Waals surface area contributed by atoms with E-state index in [1.54, 1.807) is 0 Å². The highest BCUT2D eigenvalue weighted by atomic mass is 19.1. The van der Waals surface area contributed by atoms with Crippen LogP contribution >= 0.6 is 0 Å². The van der Waals surface area contributed by atoms with E-state index >= 15 is 0 Å². The van der Waals surface area contributed by atoms with Gasteiger partial charge in [0, 0.05) is 11.8 Å². The maximum atomic E-state index is 13.2. The Morgan fingerprint density at radius 2 is 1.68 bits per heavy atom. The molecule has 0 fully saturated rings. The van der Waals surface area contributed by atoms with Gasteiger partial charge in [-0.2, -0.15) is 0 Å². The predicted octanol–water partition coefficient (Wildman–Crippen LogP) is 2.82. The Hall–Kier alpha value is -2.14. The first-order chi connectivity index (χ1) is 9.08. The SMILES string of the molecule is OCC(Nc1ccc(F)cc1)c1cc(O)cc(F)c1. The van der Waals surface area contributed by atoms with Gasteiger partial charge in [0.05, 0.1) is 12.6 Å². The third-order valence-electron chi connectivity index (χ3n) is 2.67. The van der Waals surface area contributed by atoms with Gasteiger partial charge in [0.25, 0.3) is 0 Å². The highest BCUT2D eigenvalue weighted by Gasteiger charge is 2.12. The van der Waals surface area contributed by atoms with Crippen molar-refractivity contribution in [2.75, 3.05) is 11.9 Å². The Morgan fingerprint density at radius 1 is 1.00 bits per heavy atom. The lowest BCUT2D eigenvalue weighted by Crippen LogP contribution is -2.15. The van der Waals surface area contributed by atoms with E-state index in [0.29, 0.717) is 11.3 Å². The summed E-state index contributed by atoms with van der Waals surface area (Å²) in [5.41, 5.74) is 0.994. The molecule has 2 aromatic carbocycles. The molecule has 0 heterocycles. The van der Waals surface area contributed by atoms with Crippen molar-refractivity contribution in [1.82, 2.24) is 0 Å². The number of aliphatic hydroxyl groups excluding tert-OH is 1. The van der Waals surface area contributed by atoms with Crippen LogP contribution in [0.5, 0.6) is 5.75 Å². The van der Waals surface area contributed by atoms with Crippen molar-refractivity contribution in [2.45, 2.75) is 6.04 Å². The van der Waals surface area contributed by atoms with E-state index < -0.39 is 11.9 Å². The van der Waals surface area contributed by atoms with E-state index in [2.05, 4.69) is 5.32 Å². The predicted molar refractivity (Wildman–Crippen MR) is 67.9 cm³/mol. The summed E-state index contributed by atoms with van der Waals surface area (Å²) >= 11 is 0. The average Bonchev–Trinajstić information content (AvgIpc) is 2.37. The Morgan fingerprint density at radius 3 is 2.26 bits per heavy atom. The normalized spacial score (nSPS) is 12.2. The number of hydrogen-bond donors (Lipinski definition) is 3. The molecule has 0 aliphatic heterocycles. The third kappa shape index (κ3) is 3.42. The smallest absolute Gasteiger partial charge is 0.127 e. The fourth-order valence-corrected chi connectivity index (χ4v) is 1.78. The summed E-state index contributed by atoms with van der Waals surface area (Å²) in [6.07, 6.45) is 0. The molecule has 0 bridgehead atoms. The number of rotatable bonds is 4. The molecule has 3 nitrogen and oxygen atoms in total.